The average molecular weight is 528 g/mol. The van der Waals surface area contributed by atoms with Crippen LogP contribution in [-0.4, -0.2) is 30.0 Å². The van der Waals surface area contributed by atoms with Crippen molar-refractivity contribution in [2.45, 2.75) is 58.9 Å². The van der Waals surface area contributed by atoms with Gasteiger partial charge in [-0.05, 0) is 66.8 Å². The lowest BCUT2D eigenvalue weighted by molar-refractivity contribution is -0.132. The maximum absolute atomic E-state index is 13.5. The molecule has 4 rings (SSSR count). The fourth-order valence-corrected chi connectivity index (χ4v) is 4.77. The van der Waals surface area contributed by atoms with Crippen molar-refractivity contribution >= 4 is 23.1 Å². The molecule has 0 spiro atoms. The van der Waals surface area contributed by atoms with Gasteiger partial charge in [0, 0.05) is 17.3 Å². The van der Waals surface area contributed by atoms with E-state index in [0.29, 0.717) is 41.9 Å². The third-order valence-electron chi connectivity index (χ3n) is 6.91. The molecule has 1 amide bonds. The summed E-state index contributed by atoms with van der Waals surface area (Å²) in [5.74, 6) is -0.0218. The Morgan fingerprint density at radius 3 is 2.26 bits per heavy atom. The molecule has 1 aliphatic rings. The molecule has 1 saturated heterocycles. The minimum atomic E-state index is -0.798. The maximum atomic E-state index is 13.5. The number of Topliss-reactive ketones (excluding diaryl/α,β-unsaturated/α-hetero) is 1. The first-order valence-corrected chi connectivity index (χ1v) is 13.7. The Bertz CT molecular complexity index is 1320. The predicted molar refractivity (Wildman–Crippen MR) is 154 cm³/mol. The van der Waals surface area contributed by atoms with E-state index in [1.807, 2.05) is 37.3 Å². The van der Waals surface area contributed by atoms with Crippen molar-refractivity contribution in [3.8, 4) is 11.5 Å². The van der Waals surface area contributed by atoms with Gasteiger partial charge in [-0.1, -0.05) is 63.9 Å². The zero-order valence-electron chi connectivity index (χ0n) is 23.1. The van der Waals surface area contributed by atoms with Gasteiger partial charge in [-0.2, -0.15) is 0 Å². The third kappa shape index (κ3) is 6.17. The minimum Gasteiger partial charge on any atom is -0.507 e. The van der Waals surface area contributed by atoms with Crippen LogP contribution in [0.2, 0.25) is 0 Å². The van der Waals surface area contributed by atoms with Crippen molar-refractivity contribution in [3.63, 3.8) is 0 Å². The summed E-state index contributed by atoms with van der Waals surface area (Å²) in [6.07, 6.45) is 3.19. The number of aliphatic hydroxyl groups is 1. The molecule has 1 fully saturated rings. The number of amides is 1. The van der Waals surface area contributed by atoms with Crippen LogP contribution in [0.1, 0.15) is 75.6 Å². The Kier molecular flexibility index (Phi) is 9.07. The Morgan fingerprint density at radius 2 is 1.62 bits per heavy atom. The number of unbranched alkanes of at least 4 members (excludes halogenated alkanes) is 2. The van der Waals surface area contributed by atoms with Crippen LogP contribution >= 0.6 is 0 Å². The third-order valence-corrected chi connectivity index (χ3v) is 6.91. The van der Waals surface area contributed by atoms with E-state index in [9.17, 15) is 14.7 Å². The second-order valence-electron chi connectivity index (χ2n) is 10.0. The molecule has 1 heterocycles. The summed E-state index contributed by atoms with van der Waals surface area (Å²) in [5, 5.41) is 11.4. The van der Waals surface area contributed by atoms with Gasteiger partial charge in [-0.15, -0.1) is 0 Å². The number of aliphatic hydroxyl groups excluding tert-OH is 1. The first kappa shape index (κ1) is 28.0. The number of benzene rings is 3. The van der Waals surface area contributed by atoms with Crippen LogP contribution < -0.4 is 14.4 Å². The molecule has 204 valence electrons. The quantitative estimate of drug-likeness (QED) is 0.122. The second kappa shape index (κ2) is 12.7. The first-order valence-electron chi connectivity index (χ1n) is 13.7. The largest absolute Gasteiger partial charge is 0.507 e. The van der Waals surface area contributed by atoms with Gasteiger partial charge >= 0.3 is 0 Å². The number of ketones is 1. The molecular weight excluding hydrogens is 490 g/mol. The lowest BCUT2D eigenvalue weighted by Crippen LogP contribution is -2.29. The van der Waals surface area contributed by atoms with Crippen LogP contribution in [0, 0.1) is 0 Å². The summed E-state index contributed by atoms with van der Waals surface area (Å²) < 4.78 is 11.4. The molecule has 1 N–H and O–H groups in total. The molecule has 6 nitrogen and oxygen atoms in total. The maximum Gasteiger partial charge on any atom is 0.300 e. The topological polar surface area (TPSA) is 76.1 Å². The van der Waals surface area contributed by atoms with Gasteiger partial charge in [0.05, 0.1) is 24.8 Å². The molecule has 0 aromatic heterocycles. The highest BCUT2D eigenvalue weighted by molar-refractivity contribution is 6.51. The number of nitrogens with zero attached hydrogens (tertiary/aromatic N) is 1. The Morgan fingerprint density at radius 1 is 0.897 bits per heavy atom. The zero-order valence-corrected chi connectivity index (χ0v) is 23.1. The van der Waals surface area contributed by atoms with Crippen molar-refractivity contribution < 1.29 is 24.2 Å². The number of hydrogen-bond acceptors (Lipinski definition) is 5. The SMILES string of the molecule is CCCCCOc1ccc(/C(O)=C2\C(=O)C(=O)N(c3cccc(OCC)c3)C2c2ccc(C(C)C)cc2)cc1. The predicted octanol–water partition coefficient (Wildman–Crippen LogP) is 7.40. The zero-order chi connectivity index (χ0) is 27.9. The van der Waals surface area contributed by atoms with Crippen LogP contribution in [-0.2, 0) is 9.59 Å². The smallest absolute Gasteiger partial charge is 0.300 e. The Labute approximate surface area is 230 Å². The van der Waals surface area contributed by atoms with Crippen molar-refractivity contribution in [1.29, 1.82) is 0 Å². The number of carbonyl (C=O) groups excluding carboxylic acids is 2. The molecule has 39 heavy (non-hydrogen) atoms. The first-order chi connectivity index (χ1) is 18.8. The molecule has 0 saturated carbocycles. The van der Waals surface area contributed by atoms with Gasteiger partial charge in [0.25, 0.3) is 11.7 Å². The van der Waals surface area contributed by atoms with E-state index < -0.39 is 17.7 Å². The molecule has 6 heteroatoms. The monoisotopic (exact) mass is 527 g/mol. The molecule has 1 aliphatic heterocycles. The number of anilines is 1. The highest BCUT2D eigenvalue weighted by atomic mass is 16.5. The van der Waals surface area contributed by atoms with E-state index in [4.69, 9.17) is 9.47 Å². The van der Waals surface area contributed by atoms with Crippen LogP contribution in [0.25, 0.3) is 5.76 Å². The fraction of sp³-hybridized carbons (Fsp3) is 0.333. The van der Waals surface area contributed by atoms with E-state index in [0.717, 1.165) is 30.4 Å². The van der Waals surface area contributed by atoms with Gasteiger partial charge in [0.2, 0.25) is 0 Å². The van der Waals surface area contributed by atoms with Gasteiger partial charge in [-0.3, -0.25) is 14.5 Å². The molecule has 1 atom stereocenters. The normalized spacial score (nSPS) is 16.6. The lowest BCUT2D eigenvalue weighted by Gasteiger charge is -2.26. The van der Waals surface area contributed by atoms with Gasteiger partial charge in [0.15, 0.2) is 0 Å². The molecule has 1 unspecified atom stereocenters. The molecular formula is C33H37NO5. The summed E-state index contributed by atoms with van der Waals surface area (Å²) in [6.45, 7) is 9.34. The highest BCUT2D eigenvalue weighted by Gasteiger charge is 2.47. The van der Waals surface area contributed by atoms with Gasteiger partial charge in [-0.25, -0.2) is 0 Å². The van der Waals surface area contributed by atoms with Crippen LogP contribution in [0.4, 0.5) is 5.69 Å². The molecule has 0 radical (unpaired) electrons. The molecule has 0 bridgehead atoms. The van der Waals surface area contributed by atoms with Crippen molar-refractivity contribution in [2.75, 3.05) is 18.1 Å². The highest BCUT2D eigenvalue weighted by Crippen LogP contribution is 2.43. The van der Waals surface area contributed by atoms with Crippen LogP contribution in [0.5, 0.6) is 11.5 Å². The molecule has 3 aromatic carbocycles. The van der Waals surface area contributed by atoms with Crippen LogP contribution in [0.15, 0.2) is 78.4 Å². The van der Waals surface area contributed by atoms with E-state index in [-0.39, 0.29) is 11.3 Å². The summed E-state index contributed by atoms with van der Waals surface area (Å²) >= 11 is 0. The number of carbonyl (C=O) groups is 2. The van der Waals surface area contributed by atoms with Crippen molar-refractivity contribution in [3.05, 3.63) is 95.1 Å². The second-order valence-corrected chi connectivity index (χ2v) is 10.0. The summed E-state index contributed by atoms with van der Waals surface area (Å²) in [4.78, 5) is 28.4. The number of rotatable bonds is 11. The summed E-state index contributed by atoms with van der Waals surface area (Å²) in [6, 6.07) is 21.1. The lowest BCUT2D eigenvalue weighted by atomic mass is 9.93. The van der Waals surface area contributed by atoms with E-state index in [2.05, 4.69) is 20.8 Å². The Balaban J connectivity index is 1.77. The number of ether oxygens (including phenoxy) is 2. The van der Waals surface area contributed by atoms with Gasteiger partial charge in [0.1, 0.15) is 17.3 Å². The van der Waals surface area contributed by atoms with Crippen LogP contribution in [0.3, 0.4) is 0 Å². The molecule has 3 aromatic rings. The van der Waals surface area contributed by atoms with E-state index in [1.54, 1.807) is 42.5 Å². The van der Waals surface area contributed by atoms with E-state index >= 15 is 0 Å². The van der Waals surface area contributed by atoms with Crippen molar-refractivity contribution in [2.24, 2.45) is 0 Å². The molecule has 0 aliphatic carbocycles. The summed E-state index contributed by atoms with van der Waals surface area (Å²) in [5.41, 5.74) is 2.90. The average Bonchev–Trinajstić information content (AvgIpc) is 3.21. The van der Waals surface area contributed by atoms with E-state index in [1.165, 1.54) is 4.90 Å². The van der Waals surface area contributed by atoms with Gasteiger partial charge < -0.3 is 14.6 Å². The fourth-order valence-electron chi connectivity index (χ4n) is 4.77. The standard InChI is InChI=1S/C33H37NO5/c1-5-7-8-20-39-27-18-16-25(17-19-27)31(35)29-30(24-14-12-23(13-15-24)22(3)4)34(33(37)32(29)36)26-10-9-11-28(21-26)38-6-2/h9-19,21-22,30,35H,5-8,20H2,1-4H3/b31-29+. The minimum absolute atomic E-state index is 0.0516. The number of hydrogen-bond donors (Lipinski definition) is 1. The Hall–Kier alpha value is -4.06. The van der Waals surface area contributed by atoms with Crippen molar-refractivity contribution in [1.82, 2.24) is 0 Å². The summed E-state index contributed by atoms with van der Waals surface area (Å²) in [7, 11) is 0.